The van der Waals surface area contributed by atoms with Crippen LogP contribution in [0.15, 0.2) is 23.7 Å². The maximum atomic E-state index is 12.5. The standard InChI is InChI=1S/C21H30N4O2S/c1-13(2)11-17(22)21-25-18(12-28-21)20(26)24-15-6-8-16(9-7-15)27-19-5-4-10-23-14(19)3/h4-5,10,12-13,15-17H,6-9,11,22H2,1-3H3,(H,24,26)/t15?,16?,17-/m1/s1. The van der Waals surface area contributed by atoms with Gasteiger partial charge in [0.2, 0.25) is 0 Å². The summed E-state index contributed by atoms with van der Waals surface area (Å²) in [5, 5.41) is 5.77. The minimum Gasteiger partial charge on any atom is -0.489 e. The molecule has 1 aliphatic carbocycles. The summed E-state index contributed by atoms with van der Waals surface area (Å²) in [5.41, 5.74) is 7.57. The minimum absolute atomic E-state index is 0.102. The van der Waals surface area contributed by atoms with Gasteiger partial charge in [0.25, 0.3) is 5.91 Å². The van der Waals surface area contributed by atoms with E-state index in [-0.39, 0.29) is 24.1 Å². The predicted octanol–water partition coefficient (Wildman–Crippen LogP) is 4.01. The molecule has 1 saturated carbocycles. The molecule has 1 aliphatic rings. The summed E-state index contributed by atoms with van der Waals surface area (Å²) >= 11 is 1.47. The Morgan fingerprint density at radius 1 is 1.36 bits per heavy atom. The summed E-state index contributed by atoms with van der Waals surface area (Å²) in [7, 11) is 0. The average Bonchev–Trinajstić information content (AvgIpc) is 3.15. The van der Waals surface area contributed by atoms with Crippen LogP contribution in [-0.2, 0) is 0 Å². The number of aromatic nitrogens is 2. The summed E-state index contributed by atoms with van der Waals surface area (Å²) in [6.07, 6.45) is 6.46. The summed E-state index contributed by atoms with van der Waals surface area (Å²) in [6.45, 7) is 6.23. The van der Waals surface area contributed by atoms with Crippen molar-refractivity contribution >= 4 is 17.2 Å². The molecule has 2 aromatic rings. The smallest absolute Gasteiger partial charge is 0.270 e. The van der Waals surface area contributed by atoms with Crippen molar-refractivity contribution in [3.05, 3.63) is 40.1 Å². The molecule has 0 unspecified atom stereocenters. The lowest BCUT2D eigenvalue weighted by atomic mass is 9.93. The molecule has 0 spiro atoms. The topological polar surface area (TPSA) is 90.1 Å². The van der Waals surface area contributed by atoms with Gasteiger partial charge in [0.05, 0.1) is 17.8 Å². The summed E-state index contributed by atoms with van der Waals surface area (Å²) in [4.78, 5) is 21.3. The van der Waals surface area contributed by atoms with Gasteiger partial charge < -0.3 is 15.8 Å². The fourth-order valence-corrected chi connectivity index (χ4v) is 4.34. The molecule has 0 bridgehead atoms. The number of thiazole rings is 1. The van der Waals surface area contributed by atoms with Crippen LogP contribution in [0.4, 0.5) is 0 Å². The molecule has 0 saturated heterocycles. The van der Waals surface area contributed by atoms with Crippen LogP contribution in [0.1, 0.15) is 73.2 Å². The number of ether oxygens (including phenoxy) is 1. The van der Waals surface area contributed by atoms with Crippen molar-refractivity contribution in [2.24, 2.45) is 11.7 Å². The van der Waals surface area contributed by atoms with Crippen LogP contribution in [0, 0.1) is 12.8 Å². The highest BCUT2D eigenvalue weighted by Gasteiger charge is 2.25. The number of hydrogen-bond acceptors (Lipinski definition) is 6. The van der Waals surface area contributed by atoms with Crippen LogP contribution in [0.5, 0.6) is 5.75 Å². The maximum Gasteiger partial charge on any atom is 0.270 e. The van der Waals surface area contributed by atoms with Gasteiger partial charge in [-0.05, 0) is 57.1 Å². The zero-order chi connectivity index (χ0) is 20.1. The Hall–Kier alpha value is -1.99. The highest BCUT2D eigenvalue weighted by Crippen LogP contribution is 2.26. The van der Waals surface area contributed by atoms with Crippen molar-refractivity contribution in [2.45, 2.75) is 71.1 Å². The number of pyridine rings is 1. The lowest BCUT2D eigenvalue weighted by molar-refractivity contribution is 0.0889. The van der Waals surface area contributed by atoms with Crippen LogP contribution in [0.25, 0.3) is 0 Å². The van der Waals surface area contributed by atoms with E-state index < -0.39 is 0 Å². The van der Waals surface area contributed by atoms with Gasteiger partial charge in [0.15, 0.2) is 0 Å². The van der Waals surface area contributed by atoms with Crippen molar-refractivity contribution in [3.8, 4) is 5.75 Å². The number of carbonyl (C=O) groups is 1. The molecular formula is C21H30N4O2S. The molecule has 0 aliphatic heterocycles. The Labute approximate surface area is 170 Å². The highest BCUT2D eigenvalue weighted by atomic mass is 32.1. The van der Waals surface area contributed by atoms with E-state index in [0.717, 1.165) is 48.6 Å². The maximum absolute atomic E-state index is 12.5. The second-order valence-corrected chi connectivity index (χ2v) is 8.85. The molecule has 28 heavy (non-hydrogen) atoms. The van der Waals surface area contributed by atoms with Crippen molar-refractivity contribution in [1.82, 2.24) is 15.3 Å². The highest BCUT2D eigenvalue weighted by molar-refractivity contribution is 7.09. The molecule has 7 heteroatoms. The fourth-order valence-electron chi connectivity index (χ4n) is 3.53. The molecule has 1 fully saturated rings. The van der Waals surface area contributed by atoms with E-state index >= 15 is 0 Å². The van der Waals surface area contributed by atoms with Crippen LogP contribution in [0.2, 0.25) is 0 Å². The van der Waals surface area contributed by atoms with E-state index in [4.69, 9.17) is 10.5 Å². The minimum atomic E-state index is -0.105. The van der Waals surface area contributed by atoms with Crippen molar-refractivity contribution in [1.29, 1.82) is 0 Å². The third-order valence-corrected chi connectivity index (χ3v) is 6.04. The van der Waals surface area contributed by atoms with E-state index in [0.29, 0.717) is 11.6 Å². The second-order valence-electron chi connectivity index (χ2n) is 7.96. The SMILES string of the molecule is Cc1ncccc1OC1CCC(NC(=O)c2csc([C@H](N)CC(C)C)n2)CC1. The molecule has 0 radical (unpaired) electrons. The van der Waals surface area contributed by atoms with Crippen LogP contribution in [0.3, 0.4) is 0 Å². The van der Waals surface area contributed by atoms with E-state index in [1.54, 1.807) is 6.20 Å². The number of nitrogens with two attached hydrogens (primary N) is 1. The summed E-state index contributed by atoms with van der Waals surface area (Å²) < 4.78 is 6.09. The number of nitrogens with one attached hydrogen (secondary N) is 1. The number of rotatable bonds is 7. The van der Waals surface area contributed by atoms with E-state index in [9.17, 15) is 4.79 Å². The molecular weight excluding hydrogens is 372 g/mol. The van der Waals surface area contributed by atoms with E-state index in [1.807, 2.05) is 24.4 Å². The van der Waals surface area contributed by atoms with Gasteiger partial charge in [-0.2, -0.15) is 0 Å². The first kappa shape index (κ1) is 20.7. The van der Waals surface area contributed by atoms with E-state index in [1.165, 1.54) is 11.3 Å². The van der Waals surface area contributed by atoms with Gasteiger partial charge in [-0.15, -0.1) is 11.3 Å². The molecule has 3 rings (SSSR count). The van der Waals surface area contributed by atoms with Gasteiger partial charge in [0, 0.05) is 17.6 Å². The molecule has 3 N–H and O–H groups in total. The molecule has 1 amide bonds. The van der Waals surface area contributed by atoms with Gasteiger partial charge in [-0.1, -0.05) is 13.8 Å². The Morgan fingerprint density at radius 2 is 2.11 bits per heavy atom. The molecule has 152 valence electrons. The van der Waals surface area contributed by atoms with Crippen LogP contribution >= 0.6 is 11.3 Å². The monoisotopic (exact) mass is 402 g/mol. The Balaban J connectivity index is 1.47. The average molecular weight is 403 g/mol. The number of aryl methyl sites for hydroxylation is 1. The van der Waals surface area contributed by atoms with Gasteiger partial charge in [-0.25, -0.2) is 4.98 Å². The first-order valence-electron chi connectivity index (χ1n) is 10.0. The van der Waals surface area contributed by atoms with Crippen LogP contribution < -0.4 is 15.8 Å². The Kier molecular flexibility index (Phi) is 7.02. The Bertz CT molecular complexity index is 784. The van der Waals surface area contributed by atoms with Gasteiger partial charge >= 0.3 is 0 Å². The molecule has 2 aromatic heterocycles. The first-order chi connectivity index (χ1) is 13.4. The number of hydrogen-bond donors (Lipinski definition) is 2. The predicted molar refractivity (Wildman–Crippen MR) is 112 cm³/mol. The molecule has 6 nitrogen and oxygen atoms in total. The molecule has 0 aromatic carbocycles. The number of nitrogens with zero attached hydrogens (tertiary/aromatic N) is 2. The Morgan fingerprint density at radius 3 is 2.79 bits per heavy atom. The first-order valence-corrected chi connectivity index (χ1v) is 10.9. The molecule has 1 atom stereocenters. The normalized spacial score (nSPS) is 20.8. The third kappa shape index (κ3) is 5.52. The number of carbonyl (C=O) groups excluding carboxylic acids is 1. The van der Waals surface area contributed by atoms with E-state index in [2.05, 4.69) is 29.1 Å². The third-order valence-electron chi connectivity index (χ3n) is 5.06. The lowest BCUT2D eigenvalue weighted by Gasteiger charge is -2.29. The molecule has 2 heterocycles. The van der Waals surface area contributed by atoms with Crippen molar-refractivity contribution < 1.29 is 9.53 Å². The van der Waals surface area contributed by atoms with Crippen LogP contribution in [-0.4, -0.2) is 28.0 Å². The summed E-state index contributed by atoms with van der Waals surface area (Å²) in [6, 6.07) is 3.91. The zero-order valence-electron chi connectivity index (χ0n) is 16.9. The fraction of sp³-hybridized carbons (Fsp3) is 0.571. The van der Waals surface area contributed by atoms with Crippen molar-refractivity contribution in [3.63, 3.8) is 0 Å². The lowest BCUT2D eigenvalue weighted by Crippen LogP contribution is -2.39. The van der Waals surface area contributed by atoms with Gasteiger partial charge in [-0.3, -0.25) is 9.78 Å². The summed E-state index contributed by atoms with van der Waals surface area (Å²) in [5.74, 6) is 1.25. The zero-order valence-corrected chi connectivity index (χ0v) is 17.7. The van der Waals surface area contributed by atoms with Gasteiger partial charge in [0.1, 0.15) is 16.5 Å². The largest absolute Gasteiger partial charge is 0.489 e. The number of amides is 1. The van der Waals surface area contributed by atoms with Crippen molar-refractivity contribution in [2.75, 3.05) is 0 Å². The second kappa shape index (κ2) is 9.47. The quantitative estimate of drug-likeness (QED) is 0.730.